The van der Waals surface area contributed by atoms with Crippen LogP contribution in [0.3, 0.4) is 0 Å². The van der Waals surface area contributed by atoms with Crippen molar-refractivity contribution in [3.63, 3.8) is 0 Å². The highest BCUT2D eigenvalue weighted by molar-refractivity contribution is 6.36. The van der Waals surface area contributed by atoms with Crippen LogP contribution in [0.25, 0.3) is 11.0 Å². The van der Waals surface area contributed by atoms with Gasteiger partial charge < -0.3 is 19.5 Å². The number of fused-ring (bicyclic) bond motifs is 3. The molecule has 1 aliphatic rings. The molecule has 28 heavy (non-hydrogen) atoms. The molecule has 3 aromatic rings. The van der Waals surface area contributed by atoms with Crippen molar-refractivity contribution in [1.29, 1.82) is 0 Å². The van der Waals surface area contributed by atoms with E-state index in [1.807, 2.05) is 24.3 Å². The Morgan fingerprint density at radius 1 is 1.18 bits per heavy atom. The van der Waals surface area contributed by atoms with Crippen molar-refractivity contribution in [2.45, 2.75) is 32.9 Å². The molecule has 0 spiro atoms. The van der Waals surface area contributed by atoms with Crippen LogP contribution >= 0.6 is 23.2 Å². The van der Waals surface area contributed by atoms with Crippen molar-refractivity contribution < 1.29 is 5.11 Å². The lowest BCUT2D eigenvalue weighted by molar-refractivity contribution is 0.153. The summed E-state index contributed by atoms with van der Waals surface area (Å²) >= 11 is 12.6. The van der Waals surface area contributed by atoms with Gasteiger partial charge in [0.1, 0.15) is 0 Å². The van der Waals surface area contributed by atoms with Crippen molar-refractivity contribution in [3.8, 4) is 0 Å². The second-order valence-electron chi connectivity index (χ2n) is 7.03. The van der Waals surface area contributed by atoms with E-state index in [0.717, 1.165) is 41.4 Å². The number of imidazole rings is 1. The van der Waals surface area contributed by atoms with Crippen LogP contribution in [0.5, 0.6) is 0 Å². The molecule has 1 N–H and O–H groups in total. The third-order valence-electron chi connectivity index (χ3n) is 5.35. The minimum atomic E-state index is -0.447. The smallest absolute Gasteiger partial charge is 0.211 e. The van der Waals surface area contributed by atoms with Crippen LogP contribution in [-0.2, 0) is 6.54 Å². The van der Waals surface area contributed by atoms with Gasteiger partial charge in [0.05, 0.1) is 40.1 Å². The van der Waals surface area contributed by atoms with E-state index in [9.17, 15) is 5.11 Å². The van der Waals surface area contributed by atoms with E-state index < -0.39 is 6.10 Å². The van der Waals surface area contributed by atoms with E-state index in [-0.39, 0.29) is 0 Å². The standard InChI is InChI=1S/C21H24Cl2N4O/c1-3-25(4-2)19-7-5-6-17-20(19)27-13-15(28)10-11-26(21(27)24-17)18-9-8-14(22)12-16(18)23/h5-9,12,15,28H,3-4,10-11,13H2,1-2H3. The quantitative estimate of drug-likeness (QED) is 0.640. The van der Waals surface area contributed by atoms with Gasteiger partial charge in [-0.25, -0.2) is 4.98 Å². The number of anilines is 3. The number of nitrogens with zero attached hydrogens (tertiary/aromatic N) is 4. The predicted molar refractivity (Wildman–Crippen MR) is 117 cm³/mol. The van der Waals surface area contributed by atoms with Crippen LogP contribution in [0.2, 0.25) is 10.0 Å². The minimum absolute atomic E-state index is 0.447. The maximum absolute atomic E-state index is 10.6. The summed E-state index contributed by atoms with van der Waals surface area (Å²) in [6.07, 6.45) is 0.189. The summed E-state index contributed by atoms with van der Waals surface area (Å²) in [5.74, 6) is 0.801. The van der Waals surface area contributed by atoms with E-state index in [1.54, 1.807) is 6.07 Å². The van der Waals surface area contributed by atoms with Crippen LogP contribution in [0, 0.1) is 0 Å². The SMILES string of the molecule is CCN(CC)c1cccc2nc3n(c12)CC(O)CCN3c1ccc(Cl)cc1Cl. The van der Waals surface area contributed by atoms with Crippen LogP contribution in [0.4, 0.5) is 17.3 Å². The number of aliphatic hydroxyl groups is 1. The molecule has 1 unspecified atom stereocenters. The first-order chi connectivity index (χ1) is 13.5. The molecule has 0 aliphatic carbocycles. The van der Waals surface area contributed by atoms with Gasteiger partial charge >= 0.3 is 0 Å². The monoisotopic (exact) mass is 418 g/mol. The average molecular weight is 419 g/mol. The lowest BCUT2D eigenvalue weighted by atomic mass is 10.2. The first-order valence-electron chi connectivity index (χ1n) is 9.68. The summed E-state index contributed by atoms with van der Waals surface area (Å²) in [4.78, 5) is 9.34. The number of halogens is 2. The Kier molecular flexibility index (Phi) is 5.41. The molecular formula is C21H24Cl2N4O. The highest BCUT2D eigenvalue weighted by atomic mass is 35.5. The molecule has 7 heteroatoms. The van der Waals surface area contributed by atoms with Crippen molar-refractivity contribution in [3.05, 3.63) is 46.4 Å². The summed E-state index contributed by atoms with van der Waals surface area (Å²) < 4.78 is 2.13. The molecular weight excluding hydrogens is 395 g/mol. The van der Waals surface area contributed by atoms with Crippen molar-refractivity contribution in [2.75, 3.05) is 29.4 Å². The van der Waals surface area contributed by atoms with E-state index in [4.69, 9.17) is 28.2 Å². The third kappa shape index (κ3) is 3.32. The third-order valence-corrected chi connectivity index (χ3v) is 5.89. The molecule has 0 radical (unpaired) electrons. The van der Waals surface area contributed by atoms with E-state index in [2.05, 4.69) is 34.3 Å². The Morgan fingerprint density at radius 2 is 1.96 bits per heavy atom. The molecule has 0 bridgehead atoms. The Bertz CT molecular complexity index is 999. The van der Waals surface area contributed by atoms with Crippen molar-refractivity contribution >= 4 is 51.6 Å². The lowest BCUT2D eigenvalue weighted by Gasteiger charge is -2.24. The van der Waals surface area contributed by atoms with Crippen LogP contribution in [-0.4, -0.2) is 40.4 Å². The molecule has 0 saturated heterocycles. The first-order valence-corrected chi connectivity index (χ1v) is 10.4. The molecule has 4 rings (SSSR count). The van der Waals surface area contributed by atoms with Crippen molar-refractivity contribution in [2.24, 2.45) is 0 Å². The minimum Gasteiger partial charge on any atom is -0.391 e. The molecule has 148 valence electrons. The first kappa shape index (κ1) is 19.4. The number of benzene rings is 2. The summed E-state index contributed by atoms with van der Waals surface area (Å²) in [5.41, 5.74) is 3.96. The van der Waals surface area contributed by atoms with Crippen molar-refractivity contribution in [1.82, 2.24) is 9.55 Å². The van der Waals surface area contributed by atoms with E-state index >= 15 is 0 Å². The van der Waals surface area contributed by atoms with E-state index in [0.29, 0.717) is 29.6 Å². The maximum Gasteiger partial charge on any atom is 0.211 e. The van der Waals surface area contributed by atoms with Crippen LogP contribution in [0.15, 0.2) is 36.4 Å². The van der Waals surface area contributed by atoms with Gasteiger partial charge in [-0.15, -0.1) is 0 Å². The van der Waals surface area contributed by atoms with Gasteiger partial charge in [-0.1, -0.05) is 29.3 Å². The second-order valence-corrected chi connectivity index (χ2v) is 7.87. The largest absolute Gasteiger partial charge is 0.391 e. The highest BCUT2D eigenvalue weighted by Crippen LogP contribution is 2.39. The number of hydrogen-bond acceptors (Lipinski definition) is 4. The summed E-state index contributed by atoms with van der Waals surface area (Å²) in [5, 5.41) is 11.8. The zero-order valence-corrected chi connectivity index (χ0v) is 17.6. The number of hydrogen-bond donors (Lipinski definition) is 1. The zero-order valence-electron chi connectivity index (χ0n) is 16.1. The van der Waals surface area contributed by atoms with Gasteiger partial charge in [-0.2, -0.15) is 0 Å². The molecule has 1 aliphatic heterocycles. The Balaban J connectivity index is 1.94. The zero-order chi connectivity index (χ0) is 19.8. The van der Waals surface area contributed by atoms with Crippen LogP contribution < -0.4 is 9.80 Å². The fourth-order valence-corrected chi connectivity index (χ4v) is 4.47. The molecule has 1 atom stereocenters. The van der Waals surface area contributed by atoms with Gasteiger partial charge in [0.25, 0.3) is 0 Å². The van der Waals surface area contributed by atoms with Gasteiger partial charge in [-0.3, -0.25) is 0 Å². The fourth-order valence-electron chi connectivity index (χ4n) is 3.96. The summed E-state index contributed by atoms with van der Waals surface area (Å²) in [6, 6.07) is 11.7. The molecule has 1 aromatic heterocycles. The summed E-state index contributed by atoms with van der Waals surface area (Å²) in [7, 11) is 0. The molecule has 2 heterocycles. The normalized spacial score (nSPS) is 16.9. The summed E-state index contributed by atoms with van der Waals surface area (Å²) in [6.45, 7) is 7.25. The van der Waals surface area contributed by atoms with Crippen LogP contribution in [0.1, 0.15) is 20.3 Å². The Labute approximate surface area is 175 Å². The molecule has 0 fully saturated rings. The van der Waals surface area contributed by atoms with Gasteiger partial charge in [0.15, 0.2) is 0 Å². The topological polar surface area (TPSA) is 44.5 Å². The Morgan fingerprint density at radius 3 is 2.68 bits per heavy atom. The number of aliphatic hydroxyl groups excluding tert-OH is 1. The number of para-hydroxylation sites is 1. The predicted octanol–water partition coefficient (Wildman–Crippen LogP) is 5.09. The highest BCUT2D eigenvalue weighted by Gasteiger charge is 2.27. The van der Waals surface area contributed by atoms with Gasteiger partial charge in [-0.05, 0) is 50.6 Å². The number of rotatable bonds is 4. The average Bonchev–Trinajstić information content (AvgIpc) is 2.95. The van der Waals surface area contributed by atoms with E-state index in [1.165, 1.54) is 0 Å². The Hall–Kier alpha value is -1.95. The molecule has 2 aromatic carbocycles. The fraction of sp³-hybridized carbons (Fsp3) is 0.381. The second kappa shape index (κ2) is 7.82. The van der Waals surface area contributed by atoms with Gasteiger partial charge in [0.2, 0.25) is 5.95 Å². The molecule has 0 amide bonds. The molecule has 5 nitrogen and oxygen atoms in total. The molecule has 0 saturated carbocycles. The number of aromatic nitrogens is 2. The van der Waals surface area contributed by atoms with Gasteiger partial charge in [0, 0.05) is 24.7 Å². The maximum atomic E-state index is 10.6. The lowest BCUT2D eigenvalue weighted by Crippen LogP contribution is -2.23.